The Morgan fingerprint density at radius 3 is 2.71 bits per heavy atom. The summed E-state index contributed by atoms with van der Waals surface area (Å²) < 4.78 is 2.14. The van der Waals surface area contributed by atoms with Crippen LogP contribution < -0.4 is 5.32 Å². The lowest BCUT2D eigenvalue weighted by molar-refractivity contribution is 0.0953. The summed E-state index contributed by atoms with van der Waals surface area (Å²) in [5, 5.41) is 3.53. The number of rotatable bonds is 6. The Hall–Kier alpha value is 0.440. The van der Waals surface area contributed by atoms with Gasteiger partial charge in [-0.3, -0.25) is 4.79 Å². The predicted molar refractivity (Wildman–Crippen MR) is 89.2 cm³/mol. The Kier molecular flexibility index (Phi) is 7.77. The summed E-state index contributed by atoms with van der Waals surface area (Å²) in [6.45, 7) is 0.735. The normalized spacial score (nSPS) is 10.3. The third-order valence-electron chi connectivity index (χ3n) is 2.28. The fourth-order valence-electron chi connectivity index (χ4n) is 1.34. The van der Waals surface area contributed by atoms with Crippen molar-refractivity contribution in [3.8, 4) is 0 Å². The molecule has 17 heavy (non-hydrogen) atoms. The number of carbonyl (C=O) groups is 1. The third kappa shape index (κ3) is 5.74. The number of hydrogen-bond donors (Lipinski definition) is 1. The molecule has 0 unspecified atom stereocenters. The first-order chi connectivity index (χ1) is 8.15. The highest BCUT2D eigenvalue weighted by molar-refractivity contribution is 14.1. The van der Waals surface area contributed by atoms with Gasteiger partial charge in [0.25, 0.3) is 5.91 Å². The first kappa shape index (κ1) is 15.5. The Balaban J connectivity index is 2.39. The van der Waals surface area contributed by atoms with Gasteiger partial charge in [0.15, 0.2) is 0 Å². The molecule has 0 saturated heterocycles. The lowest BCUT2D eigenvalue weighted by Gasteiger charge is -2.05. The molecular weight excluding hydrogens is 463 g/mol. The molecule has 1 rings (SSSR count). The van der Waals surface area contributed by atoms with Crippen LogP contribution in [0.2, 0.25) is 5.02 Å². The van der Waals surface area contributed by atoms with Crippen LogP contribution in [0.3, 0.4) is 0 Å². The van der Waals surface area contributed by atoms with Gasteiger partial charge >= 0.3 is 0 Å². The van der Waals surface area contributed by atoms with Crippen molar-refractivity contribution < 1.29 is 4.79 Å². The summed E-state index contributed by atoms with van der Waals surface area (Å²) in [4.78, 5) is 11.8. The van der Waals surface area contributed by atoms with Crippen LogP contribution in [0.25, 0.3) is 0 Å². The zero-order chi connectivity index (χ0) is 12.7. The molecule has 2 nitrogen and oxygen atoms in total. The molecule has 0 aliphatic heterocycles. The van der Waals surface area contributed by atoms with E-state index >= 15 is 0 Å². The molecular formula is C12H14ClI2NO. The van der Waals surface area contributed by atoms with E-state index in [-0.39, 0.29) is 5.91 Å². The van der Waals surface area contributed by atoms with Crippen LogP contribution >= 0.6 is 56.8 Å². The molecule has 0 saturated carbocycles. The molecule has 0 fully saturated rings. The maximum atomic E-state index is 11.8. The summed E-state index contributed by atoms with van der Waals surface area (Å²) >= 11 is 10.5. The third-order valence-corrected chi connectivity index (χ3v) is 4.61. The minimum Gasteiger partial charge on any atom is -0.352 e. The Morgan fingerprint density at radius 1 is 1.29 bits per heavy atom. The quantitative estimate of drug-likeness (QED) is 0.370. The number of hydrogen-bond acceptors (Lipinski definition) is 1. The Morgan fingerprint density at radius 2 is 2.06 bits per heavy atom. The fourth-order valence-corrected chi connectivity index (χ4v) is 2.39. The SMILES string of the molecule is O=C(NCCCCCI)c1ccc(I)c(Cl)c1. The van der Waals surface area contributed by atoms with E-state index in [9.17, 15) is 4.79 Å². The summed E-state index contributed by atoms with van der Waals surface area (Å²) in [5.41, 5.74) is 0.629. The number of amides is 1. The van der Waals surface area contributed by atoms with Crippen LogP contribution in [0.1, 0.15) is 29.6 Å². The molecule has 5 heteroatoms. The second kappa shape index (κ2) is 8.53. The van der Waals surface area contributed by atoms with Crippen molar-refractivity contribution in [2.24, 2.45) is 0 Å². The first-order valence-corrected chi connectivity index (χ1v) is 8.42. The number of carbonyl (C=O) groups excluding carboxylic acids is 1. The van der Waals surface area contributed by atoms with E-state index in [1.54, 1.807) is 12.1 Å². The van der Waals surface area contributed by atoms with Gasteiger partial charge in [0, 0.05) is 15.7 Å². The van der Waals surface area contributed by atoms with Gasteiger partial charge < -0.3 is 5.32 Å². The van der Waals surface area contributed by atoms with E-state index in [0.29, 0.717) is 10.6 Å². The minimum absolute atomic E-state index is 0.0437. The fraction of sp³-hybridized carbons (Fsp3) is 0.417. The van der Waals surface area contributed by atoms with Crippen molar-refractivity contribution in [3.05, 3.63) is 32.4 Å². The summed E-state index contributed by atoms with van der Waals surface area (Å²) in [6.07, 6.45) is 3.41. The largest absolute Gasteiger partial charge is 0.352 e. The van der Waals surface area contributed by atoms with Crippen LogP contribution in [0.15, 0.2) is 18.2 Å². The number of unbranched alkanes of at least 4 members (excludes halogenated alkanes) is 2. The maximum absolute atomic E-state index is 11.8. The molecule has 0 heterocycles. The van der Waals surface area contributed by atoms with Gasteiger partial charge in [-0.25, -0.2) is 0 Å². The molecule has 1 N–H and O–H groups in total. The van der Waals surface area contributed by atoms with E-state index in [1.807, 2.05) is 6.07 Å². The molecule has 0 spiro atoms. The smallest absolute Gasteiger partial charge is 0.251 e. The van der Waals surface area contributed by atoms with Crippen molar-refractivity contribution in [2.45, 2.75) is 19.3 Å². The van der Waals surface area contributed by atoms with Crippen molar-refractivity contribution in [2.75, 3.05) is 11.0 Å². The molecule has 0 aliphatic rings. The number of benzene rings is 1. The maximum Gasteiger partial charge on any atom is 0.251 e. The number of nitrogens with one attached hydrogen (secondary N) is 1. The second-order valence-corrected chi connectivity index (χ2v) is 6.28. The van der Waals surface area contributed by atoms with Crippen molar-refractivity contribution in [1.82, 2.24) is 5.32 Å². The summed E-state index contributed by atoms with van der Waals surface area (Å²) in [7, 11) is 0. The van der Waals surface area contributed by atoms with Crippen molar-refractivity contribution in [3.63, 3.8) is 0 Å². The average Bonchev–Trinajstić information content (AvgIpc) is 2.32. The lowest BCUT2D eigenvalue weighted by atomic mass is 10.2. The molecule has 1 aromatic carbocycles. The second-order valence-electron chi connectivity index (χ2n) is 3.63. The van der Waals surface area contributed by atoms with Gasteiger partial charge in [-0.1, -0.05) is 40.6 Å². The van der Waals surface area contributed by atoms with Crippen LogP contribution in [0.5, 0.6) is 0 Å². The highest BCUT2D eigenvalue weighted by Gasteiger charge is 2.06. The van der Waals surface area contributed by atoms with Gasteiger partial charge in [-0.05, 0) is 58.1 Å². The van der Waals surface area contributed by atoms with Crippen molar-refractivity contribution in [1.29, 1.82) is 0 Å². The van der Waals surface area contributed by atoms with Crippen molar-refractivity contribution >= 4 is 62.7 Å². The van der Waals surface area contributed by atoms with Crippen LogP contribution in [-0.4, -0.2) is 16.9 Å². The molecule has 1 amide bonds. The van der Waals surface area contributed by atoms with Crippen LogP contribution in [0, 0.1) is 3.57 Å². The Bertz CT molecular complexity index is 385. The molecule has 0 radical (unpaired) electrons. The highest BCUT2D eigenvalue weighted by Crippen LogP contribution is 2.19. The summed E-state index contributed by atoms with van der Waals surface area (Å²) in [6, 6.07) is 5.37. The Labute approximate surface area is 134 Å². The highest BCUT2D eigenvalue weighted by atomic mass is 127. The van der Waals surface area contributed by atoms with E-state index in [2.05, 4.69) is 50.5 Å². The van der Waals surface area contributed by atoms with E-state index in [0.717, 1.165) is 23.0 Å². The molecule has 94 valence electrons. The van der Waals surface area contributed by atoms with Gasteiger partial charge in [0.05, 0.1) is 5.02 Å². The standard InChI is InChI=1S/C12H14ClI2NO/c13-10-8-9(4-5-11(10)15)12(17)16-7-3-1-2-6-14/h4-5,8H,1-3,6-7H2,(H,16,17). The topological polar surface area (TPSA) is 29.1 Å². The summed E-state index contributed by atoms with van der Waals surface area (Å²) in [5.74, 6) is -0.0437. The predicted octanol–water partition coefficient (Wildman–Crippen LogP) is 4.28. The van der Waals surface area contributed by atoms with E-state index < -0.39 is 0 Å². The van der Waals surface area contributed by atoms with Gasteiger partial charge in [-0.2, -0.15) is 0 Å². The van der Waals surface area contributed by atoms with Gasteiger partial charge in [-0.15, -0.1) is 0 Å². The molecule has 0 aromatic heterocycles. The van der Waals surface area contributed by atoms with Gasteiger partial charge in [0.1, 0.15) is 0 Å². The average molecular weight is 478 g/mol. The lowest BCUT2D eigenvalue weighted by Crippen LogP contribution is -2.24. The minimum atomic E-state index is -0.0437. The van der Waals surface area contributed by atoms with E-state index in [4.69, 9.17) is 11.6 Å². The molecule has 0 bridgehead atoms. The molecule has 0 aliphatic carbocycles. The number of alkyl halides is 1. The number of halogens is 3. The zero-order valence-electron chi connectivity index (χ0n) is 9.31. The van der Waals surface area contributed by atoms with Crippen LogP contribution in [0.4, 0.5) is 0 Å². The first-order valence-electron chi connectivity index (χ1n) is 5.44. The molecule has 0 atom stereocenters. The zero-order valence-corrected chi connectivity index (χ0v) is 14.4. The van der Waals surface area contributed by atoms with Crippen LogP contribution in [-0.2, 0) is 0 Å². The van der Waals surface area contributed by atoms with Gasteiger partial charge in [0.2, 0.25) is 0 Å². The monoisotopic (exact) mass is 477 g/mol. The molecule has 1 aromatic rings. The van der Waals surface area contributed by atoms with E-state index in [1.165, 1.54) is 10.8 Å².